The molecule has 1 fully saturated rings. The molecule has 3 unspecified atom stereocenters. The molecule has 2 aliphatic rings. The van der Waals surface area contributed by atoms with Gasteiger partial charge in [0.05, 0.1) is 0 Å². The summed E-state index contributed by atoms with van der Waals surface area (Å²) in [6.45, 7) is 5.82. The third-order valence-corrected chi connectivity index (χ3v) is 4.15. The number of carboxylic acid groups (broad SMARTS) is 1. The second-order valence-electron chi connectivity index (χ2n) is 5.28. The van der Waals surface area contributed by atoms with E-state index < -0.39 is 5.97 Å². The van der Waals surface area contributed by atoms with Crippen LogP contribution in [0.5, 0.6) is 0 Å². The minimum Gasteiger partial charge on any atom is -0.478 e. The van der Waals surface area contributed by atoms with Gasteiger partial charge in [-0.05, 0) is 43.1 Å². The highest BCUT2D eigenvalue weighted by atomic mass is 16.4. The number of ketones is 1. The van der Waals surface area contributed by atoms with Gasteiger partial charge in [0.15, 0.2) is 5.78 Å². The van der Waals surface area contributed by atoms with Crippen LogP contribution in [-0.4, -0.2) is 16.9 Å². The fourth-order valence-corrected chi connectivity index (χ4v) is 3.02. The normalized spacial score (nSPS) is 32.6. The number of carboxylic acids is 1. The lowest BCUT2D eigenvalue weighted by molar-refractivity contribution is -0.133. The van der Waals surface area contributed by atoms with Gasteiger partial charge in [-0.15, -0.1) is 0 Å². The van der Waals surface area contributed by atoms with Gasteiger partial charge in [0, 0.05) is 12.0 Å². The average Bonchev–Trinajstić information content (AvgIpc) is 2.57. The van der Waals surface area contributed by atoms with E-state index in [4.69, 9.17) is 5.11 Å². The number of aliphatic carboxylic acids is 1. The Kier molecular flexibility index (Phi) is 3.18. The van der Waals surface area contributed by atoms with E-state index >= 15 is 0 Å². The highest BCUT2D eigenvalue weighted by Gasteiger charge is 2.35. The Morgan fingerprint density at radius 2 is 2.12 bits per heavy atom. The molecule has 92 valence electrons. The number of hydrogen-bond donors (Lipinski definition) is 1. The summed E-state index contributed by atoms with van der Waals surface area (Å²) in [5.41, 5.74) is 1.44. The van der Waals surface area contributed by atoms with Crippen LogP contribution in [0.25, 0.3) is 0 Å². The van der Waals surface area contributed by atoms with E-state index in [0.717, 1.165) is 18.4 Å². The molecule has 0 spiro atoms. The monoisotopic (exact) mass is 234 g/mol. The molecule has 2 rings (SSSR count). The molecule has 2 aliphatic carbocycles. The summed E-state index contributed by atoms with van der Waals surface area (Å²) in [5.74, 6) is 0.0925. The van der Waals surface area contributed by atoms with Crippen LogP contribution in [0.3, 0.4) is 0 Å². The number of allylic oxidation sites excluding steroid dienone is 2. The van der Waals surface area contributed by atoms with Gasteiger partial charge in [0.2, 0.25) is 0 Å². The van der Waals surface area contributed by atoms with Gasteiger partial charge in [0.1, 0.15) is 0 Å². The zero-order chi connectivity index (χ0) is 12.6. The second kappa shape index (κ2) is 4.47. The minimum absolute atomic E-state index is 0.00269. The lowest BCUT2D eigenvalue weighted by atomic mass is 9.87. The van der Waals surface area contributed by atoms with Crippen molar-refractivity contribution in [3.05, 3.63) is 23.8 Å². The summed E-state index contributed by atoms with van der Waals surface area (Å²) in [6.07, 6.45) is 4.89. The number of carbonyl (C=O) groups excluding carboxylic acids is 1. The fourth-order valence-electron chi connectivity index (χ4n) is 3.02. The zero-order valence-electron chi connectivity index (χ0n) is 10.1. The third kappa shape index (κ3) is 2.33. The van der Waals surface area contributed by atoms with Crippen molar-refractivity contribution in [3.8, 4) is 0 Å². The highest BCUT2D eigenvalue weighted by molar-refractivity contribution is 5.93. The predicted octanol–water partition coefficient (Wildman–Crippen LogP) is 2.58. The molecule has 0 saturated heterocycles. The van der Waals surface area contributed by atoms with Crippen molar-refractivity contribution in [2.45, 2.75) is 32.6 Å². The highest BCUT2D eigenvalue weighted by Crippen LogP contribution is 2.42. The van der Waals surface area contributed by atoms with Crippen molar-refractivity contribution in [2.24, 2.45) is 17.8 Å². The molecule has 3 atom stereocenters. The predicted molar refractivity (Wildman–Crippen MR) is 64.5 cm³/mol. The summed E-state index contributed by atoms with van der Waals surface area (Å²) in [4.78, 5) is 22.4. The van der Waals surface area contributed by atoms with Gasteiger partial charge < -0.3 is 5.11 Å². The van der Waals surface area contributed by atoms with Crippen LogP contribution in [0.1, 0.15) is 32.6 Å². The van der Waals surface area contributed by atoms with Crippen LogP contribution in [0, 0.1) is 17.8 Å². The van der Waals surface area contributed by atoms with Gasteiger partial charge in [0.25, 0.3) is 0 Å². The van der Waals surface area contributed by atoms with E-state index in [0.29, 0.717) is 24.7 Å². The maximum absolute atomic E-state index is 11.5. The molecule has 0 aliphatic heterocycles. The number of rotatable bonds is 2. The molecule has 0 amide bonds. The van der Waals surface area contributed by atoms with Gasteiger partial charge in [-0.25, -0.2) is 4.79 Å². The van der Waals surface area contributed by atoms with Crippen LogP contribution in [0.4, 0.5) is 0 Å². The van der Waals surface area contributed by atoms with Crippen LogP contribution >= 0.6 is 0 Å². The van der Waals surface area contributed by atoms with E-state index in [-0.39, 0.29) is 17.3 Å². The standard InChI is InChI=1S/C14H18O3/c1-8-3-4-10(9(2)14(16)17)5-11-6-12(15)7-13(8)11/h6,8,10,13H,2-5,7H2,1H3,(H,16,17). The number of hydrogen-bond acceptors (Lipinski definition) is 2. The van der Waals surface area contributed by atoms with Gasteiger partial charge in [-0.3, -0.25) is 4.79 Å². The fraction of sp³-hybridized carbons (Fsp3) is 0.571. The SMILES string of the molecule is C=C(C(=O)O)C1CCC(C)C2CC(=O)C=C2C1. The Morgan fingerprint density at radius 1 is 1.41 bits per heavy atom. The first kappa shape index (κ1) is 12.1. The Balaban J connectivity index is 2.20. The molecule has 0 bridgehead atoms. The molecule has 3 nitrogen and oxygen atoms in total. The molecule has 0 aromatic heterocycles. The Bertz CT molecular complexity index is 406. The van der Waals surface area contributed by atoms with E-state index in [9.17, 15) is 9.59 Å². The maximum Gasteiger partial charge on any atom is 0.331 e. The first-order valence-corrected chi connectivity index (χ1v) is 6.14. The second-order valence-corrected chi connectivity index (χ2v) is 5.28. The topological polar surface area (TPSA) is 54.4 Å². The van der Waals surface area contributed by atoms with Gasteiger partial charge in [-0.1, -0.05) is 19.1 Å². The summed E-state index contributed by atoms with van der Waals surface area (Å²) in [6, 6.07) is 0. The van der Waals surface area contributed by atoms with Crippen LogP contribution in [-0.2, 0) is 9.59 Å². The molecular formula is C14H18O3. The van der Waals surface area contributed by atoms with Crippen molar-refractivity contribution >= 4 is 11.8 Å². The molecule has 3 heteroatoms. The summed E-state index contributed by atoms with van der Waals surface area (Å²) in [5, 5.41) is 9.00. The zero-order valence-corrected chi connectivity index (χ0v) is 10.1. The molecule has 17 heavy (non-hydrogen) atoms. The maximum atomic E-state index is 11.5. The third-order valence-electron chi connectivity index (χ3n) is 4.15. The van der Waals surface area contributed by atoms with Gasteiger partial charge in [-0.2, -0.15) is 0 Å². The van der Waals surface area contributed by atoms with E-state index in [1.54, 1.807) is 6.08 Å². The van der Waals surface area contributed by atoms with Gasteiger partial charge >= 0.3 is 5.97 Å². The van der Waals surface area contributed by atoms with Crippen LogP contribution in [0.2, 0.25) is 0 Å². The minimum atomic E-state index is -0.911. The van der Waals surface area contributed by atoms with E-state index in [1.165, 1.54) is 0 Å². The van der Waals surface area contributed by atoms with Crippen LogP contribution < -0.4 is 0 Å². The van der Waals surface area contributed by atoms with Crippen molar-refractivity contribution in [1.82, 2.24) is 0 Å². The molecule has 0 aromatic rings. The number of fused-ring (bicyclic) bond motifs is 1. The smallest absolute Gasteiger partial charge is 0.331 e. The summed E-state index contributed by atoms with van der Waals surface area (Å²) >= 11 is 0. The Labute approximate surface area is 101 Å². The lowest BCUT2D eigenvalue weighted by Gasteiger charge is -2.17. The molecule has 1 saturated carbocycles. The molecule has 0 heterocycles. The Morgan fingerprint density at radius 3 is 2.76 bits per heavy atom. The first-order chi connectivity index (χ1) is 7.99. The van der Waals surface area contributed by atoms with E-state index in [2.05, 4.69) is 13.5 Å². The van der Waals surface area contributed by atoms with Crippen LogP contribution in [0.15, 0.2) is 23.8 Å². The largest absolute Gasteiger partial charge is 0.478 e. The summed E-state index contributed by atoms with van der Waals surface area (Å²) < 4.78 is 0. The molecule has 0 radical (unpaired) electrons. The Hall–Kier alpha value is -1.38. The molecular weight excluding hydrogens is 216 g/mol. The molecule has 0 aromatic carbocycles. The molecule has 1 N–H and O–H groups in total. The van der Waals surface area contributed by atoms with Crippen molar-refractivity contribution in [3.63, 3.8) is 0 Å². The van der Waals surface area contributed by atoms with E-state index in [1.807, 2.05) is 0 Å². The quantitative estimate of drug-likeness (QED) is 0.747. The summed E-state index contributed by atoms with van der Waals surface area (Å²) in [7, 11) is 0. The average molecular weight is 234 g/mol. The van der Waals surface area contributed by atoms with Crippen molar-refractivity contribution < 1.29 is 14.7 Å². The first-order valence-electron chi connectivity index (χ1n) is 6.14. The number of carbonyl (C=O) groups is 2. The lowest BCUT2D eigenvalue weighted by Crippen LogP contribution is -2.11. The van der Waals surface area contributed by atoms with Crippen molar-refractivity contribution in [2.75, 3.05) is 0 Å². The van der Waals surface area contributed by atoms with Crippen molar-refractivity contribution in [1.29, 1.82) is 0 Å².